The van der Waals surface area contributed by atoms with Gasteiger partial charge in [-0.3, -0.25) is 0 Å². The van der Waals surface area contributed by atoms with Crippen molar-refractivity contribution in [3.63, 3.8) is 0 Å². The molecule has 0 unspecified atom stereocenters. The summed E-state index contributed by atoms with van der Waals surface area (Å²) in [6.07, 6.45) is 5.07. The molecule has 17 heavy (non-hydrogen) atoms. The minimum absolute atomic E-state index is 0.471. The largest absolute Gasteiger partial charge is 0.0666 e. The van der Waals surface area contributed by atoms with Crippen LogP contribution >= 0.6 is 0 Å². The van der Waals surface area contributed by atoms with Gasteiger partial charge in [-0.2, -0.15) is 0 Å². The lowest BCUT2D eigenvalue weighted by molar-refractivity contribution is 0.330. The van der Waals surface area contributed by atoms with Crippen molar-refractivity contribution in [3.8, 4) is 0 Å². The summed E-state index contributed by atoms with van der Waals surface area (Å²) in [5.41, 5.74) is 6.55. The molecule has 0 radical (unpaired) electrons. The number of hydrogen-bond acceptors (Lipinski definition) is 0. The van der Waals surface area contributed by atoms with E-state index in [9.17, 15) is 0 Å². The summed E-state index contributed by atoms with van der Waals surface area (Å²) in [4.78, 5) is 0. The van der Waals surface area contributed by atoms with E-state index in [0.717, 1.165) is 0 Å². The zero-order valence-electron chi connectivity index (χ0n) is 11.6. The van der Waals surface area contributed by atoms with Crippen LogP contribution < -0.4 is 0 Å². The molecule has 1 aliphatic carbocycles. The summed E-state index contributed by atoms with van der Waals surface area (Å²) in [5.74, 6) is 0. The Bertz CT molecular complexity index is 418. The highest BCUT2D eigenvalue weighted by Gasteiger charge is 2.26. The molecule has 1 aromatic rings. The van der Waals surface area contributed by atoms with Crippen molar-refractivity contribution >= 4 is 5.57 Å². The van der Waals surface area contributed by atoms with Gasteiger partial charge in [0.05, 0.1) is 0 Å². The highest BCUT2D eigenvalue weighted by Crippen LogP contribution is 2.43. The lowest BCUT2D eigenvalue weighted by atomic mass is 9.72. The van der Waals surface area contributed by atoms with E-state index in [2.05, 4.69) is 52.0 Å². The van der Waals surface area contributed by atoms with Gasteiger partial charge in [0.15, 0.2) is 0 Å². The van der Waals surface area contributed by atoms with Crippen LogP contribution in [0.25, 0.3) is 5.57 Å². The van der Waals surface area contributed by atoms with Gasteiger partial charge in [0.1, 0.15) is 0 Å². The van der Waals surface area contributed by atoms with Crippen LogP contribution in [0.3, 0.4) is 0 Å². The summed E-state index contributed by atoms with van der Waals surface area (Å²) in [6.45, 7) is 9.24. The number of allylic oxidation sites excluding steroid dienone is 2. The Hall–Kier alpha value is -1.04. The first-order valence-electron chi connectivity index (χ1n) is 6.80. The smallest absolute Gasteiger partial charge is 0.0222 e. The summed E-state index contributed by atoms with van der Waals surface area (Å²) in [5, 5.41) is 0. The van der Waals surface area contributed by atoms with Crippen LogP contribution in [-0.2, 0) is 0 Å². The van der Waals surface area contributed by atoms with Crippen LogP contribution in [0, 0.1) is 12.3 Å². The number of benzene rings is 1. The van der Waals surface area contributed by atoms with Crippen LogP contribution in [0.15, 0.2) is 29.8 Å². The molecule has 0 spiro atoms. The molecule has 0 bridgehead atoms. The monoisotopic (exact) mass is 228 g/mol. The fourth-order valence-corrected chi connectivity index (χ4v) is 2.78. The quantitative estimate of drug-likeness (QED) is 0.638. The standard InChI is InChI=1S/C17H24/c1-5-14-10-11-17(3,4)12-16(14)15-8-6-13(2)7-9-15/h6-9H,5,10-12H2,1-4H3. The Labute approximate surface area is 106 Å². The first-order chi connectivity index (χ1) is 8.02. The fourth-order valence-electron chi connectivity index (χ4n) is 2.78. The van der Waals surface area contributed by atoms with E-state index >= 15 is 0 Å². The second-order valence-electron chi connectivity index (χ2n) is 6.14. The molecular formula is C17H24. The van der Waals surface area contributed by atoms with Crippen molar-refractivity contribution in [3.05, 3.63) is 41.0 Å². The lowest BCUT2D eigenvalue weighted by Crippen LogP contribution is -2.17. The van der Waals surface area contributed by atoms with E-state index in [1.165, 1.54) is 36.8 Å². The normalized spacial score (nSPS) is 19.5. The van der Waals surface area contributed by atoms with Crippen LogP contribution in [0.2, 0.25) is 0 Å². The van der Waals surface area contributed by atoms with Crippen LogP contribution in [0.5, 0.6) is 0 Å². The maximum Gasteiger partial charge on any atom is -0.0222 e. The predicted octanol–water partition coefficient (Wildman–Crippen LogP) is 5.37. The molecule has 0 heterocycles. The molecule has 0 amide bonds. The van der Waals surface area contributed by atoms with Crippen molar-refractivity contribution in [2.75, 3.05) is 0 Å². The third kappa shape index (κ3) is 2.80. The molecular weight excluding hydrogens is 204 g/mol. The molecule has 0 heteroatoms. The molecule has 2 rings (SSSR count). The molecule has 0 saturated carbocycles. The molecule has 0 aromatic heterocycles. The van der Waals surface area contributed by atoms with E-state index in [0.29, 0.717) is 5.41 Å². The van der Waals surface area contributed by atoms with E-state index in [1.54, 1.807) is 11.1 Å². The Morgan fingerprint density at radius 2 is 1.76 bits per heavy atom. The summed E-state index contributed by atoms with van der Waals surface area (Å²) >= 11 is 0. The summed E-state index contributed by atoms with van der Waals surface area (Å²) < 4.78 is 0. The average Bonchev–Trinajstić information content (AvgIpc) is 2.29. The summed E-state index contributed by atoms with van der Waals surface area (Å²) in [6, 6.07) is 9.05. The molecule has 0 aliphatic heterocycles. The fraction of sp³-hybridized carbons (Fsp3) is 0.529. The lowest BCUT2D eigenvalue weighted by Gasteiger charge is -2.33. The Morgan fingerprint density at radius 1 is 1.12 bits per heavy atom. The Morgan fingerprint density at radius 3 is 2.35 bits per heavy atom. The van der Waals surface area contributed by atoms with Crippen molar-refractivity contribution in [1.29, 1.82) is 0 Å². The predicted molar refractivity (Wildman–Crippen MR) is 76.0 cm³/mol. The van der Waals surface area contributed by atoms with Gasteiger partial charge in [0, 0.05) is 0 Å². The second kappa shape index (κ2) is 4.68. The van der Waals surface area contributed by atoms with Gasteiger partial charge in [-0.25, -0.2) is 0 Å². The molecule has 1 aliphatic rings. The maximum atomic E-state index is 2.40. The Balaban J connectivity index is 2.39. The molecule has 92 valence electrons. The van der Waals surface area contributed by atoms with E-state index in [4.69, 9.17) is 0 Å². The highest BCUT2D eigenvalue weighted by molar-refractivity contribution is 5.70. The van der Waals surface area contributed by atoms with Gasteiger partial charge >= 0.3 is 0 Å². The average molecular weight is 228 g/mol. The van der Waals surface area contributed by atoms with Crippen LogP contribution in [-0.4, -0.2) is 0 Å². The van der Waals surface area contributed by atoms with Crippen molar-refractivity contribution in [1.82, 2.24) is 0 Å². The van der Waals surface area contributed by atoms with Gasteiger partial charge in [-0.05, 0) is 49.2 Å². The third-order valence-electron chi connectivity index (χ3n) is 4.01. The molecule has 0 N–H and O–H groups in total. The van der Waals surface area contributed by atoms with Crippen molar-refractivity contribution < 1.29 is 0 Å². The zero-order valence-corrected chi connectivity index (χ0v) is 11.6. The first kappa shape index (κ1) is 12.4. The summed E-state index contributed by atoms with van der Waals surface area (Å²) in [7, 11) is 0. The zero-order chi connectivity index (χ0) is 12.5. The van der Waals surface area contributed by atoms with Crippen molar-refractivity contribution in [2.24, 2.45) is 5.41 Å². The minimum Gasteiger partial charge on any atom is -0.0666 e. The maximum absolute atomic E-state index is 2.40. The number of aryl methyl sites for hydroxylation is 1. The van der Waals surface area contributed by atoms with Gasteiger partial charge in [0.2, 0.25) is 0 Å². The minimum atomic E-state index is 0.471. The van der Waals surface area contributed by atoms with Crippen LogP contribution in [0.4, 0.5) is 0 Å². The van der Waals surface area contributed by atoms with Crippen LogP contribution in [0.1, 0.15) is 57.6 Å². The topological polar surface area (TPSA) is 0 Å². The molecule has 0 atom stereocenters. The van der Waals surface area contributed by atoms with E-state index < -0.39 is 0 Å². The number of rotatable bonds is 2. The third-order valence-corrected chi connectivity index (χ3v) is 4.01. The highest BCUT2D eigenvalue weighted by atomic mass is 14.3. The first-order valence-corrected chi connectivity index (χ1v) is 6.80. The molecule has 0 saturated heterocycles. The second-order valence-corrected chi connectivity index (χ2v) is 6.14. The van der Waals surface area contributed by atoms with Gasteiger partial charge < -0.3 is 0 Å². The molecule has 0 fully saturated rings. The Kier molecular flexibility index (Phi) is 3.42. The van der Waals surface area contributed by atoms with E-state index in [-0.39, 0.29) is 0 Å². The number of hydrogen-bond donors (Lipinski definition) is 0. The SMILES string of the molecule is CCC1=C(c2ccc(C)cc2)CC(C)(C)CC1. The van der Waals surface area contributed by atoms with E-state index in [1.807, 2.05) is 0 Å². The van der Waals surface area contributed by atoms with Gasteiger partial charge in [-0.15, -0.1) is 0 Å². The van der Waals surface area contributed by atoms with Crippen molar-refractivity contribution in [2.45, 2.75) is 53.4 Å². The molecule has 0 nitrogen and oxygen atoms in total. The van der Waals surface area contributed by atoms with Gasteiger partial charge in [0.25, 0.3) is 0 Å². The van der Waals surface area contributed by atoms with Gasteiger partial charge in [-0.1, -0.05) is 56.2 Å². The molecule has 1 aromatic carbocycles.